The lowest BCUT2D eigenvalue weighted by atomic mass is 10.1. The highest BCUT2D eigenvalue weighted by Gasteiger charge is 2.12. The zero-order valence-electron chi connectivity index (χ0n) is 18.3. The molecule has 1 aliphatic rings. The highest BCUT2D eigenvalue weighted by atomic mass is 32.1. The van der Waals surface area contributed by atoms with Crippen LogP contribution in [-0.2, 0) is 22.6 Å². The second kappa shape index (κ2) is 11.2. The quantitative estimate of drug-likeness (QED) is 0.424. The Hall–Kier alpha value is -2.78. The summed E-state index contributed by atoms with van der Waals surface area (Å²) >= 11 is 1.66. The van der Waals surface area contributed by atoms with Crippen LogP contribution in [0.4, 0.5) is 0 Å². The number of fused-ring (bicyclic) bond motifs is 7. The first-order valence-electron chi connectivity index (χ1n) is 10.5. The average Bonchev–Trinajstić information content (AvgIpc) is 3.26. The first-order chi connectivity index (χ1) is 15.7. The molecule has 6 bridgehead atoms. The van der Waals surface area contributed by atoms with E-state index >= 15 is 0 Å². The van der Waals surface area contributed by atoms with E-state index in [1.807, 2.05) is 24.3 Å². The van der Waals surface area contributed by atoms with Crippen molar-refractivity contribution in [3.8, 4) is 28.1 Å². The zero-order chi connectivity index (χ0) is 22.2. The van der Waals surface area contributed by atoms with Crippen LogP contribution in [0.1, 0.15) is 10.4 Å². The lowest BCUT2D eigenvalue weighted by molar-refractivity contribution is 0.145. The molecule has 0 atom stereocenters. The van der Waals surface area contributed by atoms with Gasteiger partial charge in [0.05, 0.1) is 30.4 Å². The summed E-state index contributed by atoms with van der Waals surface area (Å²) < 4.78 is 22.8. The lowest BCUT2D eigenvalue weighted by Crippen LogP contribution is -2.18. The van der Waals surface area contributed by atoms with Crippen LogP contribution in [0, 0.1) is 0 Å². The topological polar surface area (TPSA) is 65.9 Å². The maximum Gasteiger partial charge on any atom is 0.322 e. The SMILES string of the molecule is COCCOc1ccc2cc1CN(C)C/C=C/COCc1ccc(s1)-c1ccnc(n1)O2. The van der Waals surface area contributed by atoms with E-state index in [-0.39, 0.29) is 0 Å². The van der Waals surface area contributed by atoms with E-state index < -0.39 is 0 Å². The second-order valence-corrected chi connectivity index (χ2v) is 8.55. The summed E-state index contributed by atoms with van der Waals surface area (Å²) in [5.74, 6) is 1.48. The van der Waals surface area contributed by atoms with Gasteiger partial charge in [0.15, 0.2) is 0 Å². The highest BCUT2D eigenvalue weighted by Crippen LogP contribution is 2.30. The molecule has 3 aromatic rings. The van der Waals surface area contributed by atoms with Crippen LogP contribution in [0.5, 0.6) is 17.5 Å². The Morgan fingerprint density at radius 3 is 2.97 bits per heavy atom. The Labute approximate surface area is 192 Å². The number of thiophene rings is 1. The van der Waals surface area contributed by atoms with Crippen LogP contribution in [0.2, 0.25) is 0 Å². The number of methoxy groups -OCH3 is 1. The van der Waals surface area contributed by atoms with Crippen LogP contribution < -0.4 is 9.47 Å². The van der Waals surface area contributed by atoms with Gasteiger partial charge in [0, 0.05) is 36.8 Å². The van der Waals surface area contributed by atoms with Crippen molar-refractivity contribution < 1.29 is 18.9 Å². The summed E-state index contributed by atoms with van der Waals surface area (Å²) in [6.07, 6.45) is 5.89. The summed E-state index contributed by atoms with van der Waals surface area (Å²) in [5, 5.41) is 0. The summed E-state index contributed by atoms with van der Waals surface area (Å²) in [5.41, 5.74) is 1.85. The van der Waals surface area contributed by atoms with E-state index in [9.17, 15) is 0 Å². The minimum Gasteiger partial charge on any atom is -0.491 e. The van der Waals surface area contributed by atoms with Crippen molar-refractivity contribution in [2.24, 2.45) is 0 Å². The lowest BCUT2D eigenvalue weighted by Gasteiger charge is -2.18. The number of likely N-dealkylation sites (N-methyl/N-ethyl adjacent to an activating group) is 1. The molecule has 0 N–H and O–H groups in total. The average molecular weight is 454 g/mol. The third kappa shape index (κ3) is 6.14. The highest BCUT2D eigenvalue weighted by molar-refractivity contribution is 7.15. The van der Waals surface area contributed by atoms with Crippen LogP contribution in [0.25, 0.3) is 10.6 Å². The molecule has 32 heavy (non-hydrogen) atoms. The van der Waals surface area contributed by atoms with Gasteiger partial charge in [-0.2, -0.15) is 4.98 Å². The van der Waals surface area contributed by atoms with Gasteiger partial charge in [-0.25, -0.2) is 4.98 Å². The van der Waals surface area contributed by atoms with Crippen molar-refractivity contribution in [1.29, 1.82) is 0 Å². The largest absolute Gasteiger partial charge is 0.491 e. The third-order valence-electron chi connectivity index (χ3n) is 4.82. The van der Waals surface area contributed by atoms with Crippen molar-refractivity contribution in [1.82, 2.24) is 14.9 Å². The first kappa shape index (κ1) is 22.4. The molecule has 3 heterocycles. The van der Waals surface area contributed by atoms with Crippen molar-refractivity contribution in [2.75, 3.05) is 40.5 Å². The molecular formula is C24H27N3O4S. The maximum atomic E-state index is 6.01. The van der Waals surface area contributed by atoms with Crippen molar-refractivity contribution >= 4 is 11.3 Å². The third-order valence-corrected chi connectivity index (χ3v) is 5.90. The van der Waals surface area contributed by atoms with Crippen LogP contribution in [0.15, 0.2) is 54.7 Å². The smallest absolute Gasteiger partial charge is 0.322 e. The predicted molar refractivity (Wildman–Crippen MR) is 124 cm³/mol. The van der Waals surface area contributed by atoms with E-state index in [0.717, 1.165) is 33.3 Å². The second-order valence-electron chi connectivity index (χ2n) is 7.39. The molecule has 0 aliphatic carbocycles. The van der Waals surface area contributed by atoms with E-state index in [2.05, 4.69) is 46.2 Å². The Morgan fingerprint density at radius 1 is 1.12 bits per heavy atom. The number of benzene rings is 1. The molecule has 0 fully saturated rings. The van der Waals surface area contributed by atoms with Gasteiger partial charge in [-0.1, -0.05) is 12.2 Å². The number of aromatic nitrogens is 2. The van der Waals surface area contributed by atoms with Gasteiger partial charge in [-0.15, -0.1) is 11.3 Å². The molecule has 0 spiro atoms. The molecule has 0 unspecified atom stereocenters. The summed E-state index contributed by atoms with van der Waals surface area (Å²) in [6, 6.07) is 12.1. The number of rotatable bonds is 4. The molecule has 168 valence electrons. The van der Waals surface area contributed by atoms with Gasteiger partial charge in [0.2, 0.25) is 0 Å². The van der Waals surface area contributed by atoms with Crippen LogP contribution in [-0.4, -0.2) is 55.4 Å². The van der Waals surface area contributed by atoms with Gasteiger partial charge in [0.1, 0.15) is 18.1 Å². The molecule has 0 radical (unpaired) electrons. The first-order valence-corrected chi connectivity index (χ1v) is 11.3. The molecule has 0 saturated heterocycles. The number of hydrogen-bond acceptors (Lipinski definition) is 8. The van der Waals surface area contributed by atoms with E-state index in [4.69, 9.17) is 18.9 Å². The molecule has 0 amide bonds. The molecular weight excluding hydrogens is 426 g/mol. The molecule has 1 aromatic carbocycles. The molecule has 7 nitrogen and oxygen atoms in total. The van der Waals surface area contributed by atoms with Crippen molar-refractivity contribution in [3.05, 3.63) is 65.2 Å². The maximum absolute atomic E-state index is 6.01. The Kier molecular flexibility index (Phi) is 7.84. The van der Waals surface area contributed by atoms with Crippen molar-refractivity contribution in [2.45, 2.75) is 13.2 Å². The monoisotopic (exact) mass is 453 g/mol. The standard InChI is InChI=1S/C24H27N3O4S/c1-27-11-3-4-12-29-17-20-6-8-23(32-20)21-9-10-25-24(26-21)31-19-5-7-22(18(15-19)16-27)30-14-13-28-2/h3-10,15H,11-14,16-17H2,1-2H3/b4-3+. The Balaban J connectivity index is 1.64. The predicted octanol–water partition coefficient (Wildman–Crippen LogP) is 4.54. The number of ether oxygens (including phenoxy) is 4. The van der Waals surface area contributed by atoms with Crippen LogP contribution in [0.3, 0.4) is 0 Å². The molecule has 4 rings (SSSR count). The van der Waals surface area contributed by atoms with Gasteiger partial charge in [-0.05, 0) is 43.4 Å². The normalized spacial score (nSPS) is 15.9. The van der Waals surface area contributed by atoms with E-state index in [1.165, 1.54) is 0 Å². The summed E-state index contributed by atoms with van der Waals surface area (Å²) in [7, 11) is 3.73. The fourth-order valence-corrected chi connectivity index (χ4v) is 4.16. The van der Waals surface area contributed by atoms with Gasteiger partial charge in [-0.3, -0.25) is 4.90 Å². The van der Waals surface area contributed by atoms with E-state index in [1.54, 1.807) is 24.6 Å². The molecule has 0 saturated carbocycles. The fourth-order valence-electron chi connectivity index (χ4n) is 3.25. The van der Waals surface area contributed by atoms with E-state index in [0.29, 0.717) is 44.7 Å². The Bertz CT molecular complexity index is 1050. The van der Waals surface area contributed by atoms with Crippen LogP contribution >= 0.6 is 11.3 Å². The minimum atomic E-state index is 0.310. The zero-order valence-corrected chi connectivity index (χ0v) is 19.1. The summed E-state index contributed by atoms with van der Waals surface area (Å²) in [6.45, 7) is 3.65. The van der Waals surface area contributed by atoms with Gasteiger partial charge < -0.3 is 18.9 Å². The summed E-state index contributed by atoms with van der Waals surface area (Å²) in [4.78, 5) is 13.3. The molecule has 8 heteroatoms. The molecule has 2 aromatic heterocycles. The van der Waals surface area contributed by atoms with Crippen molar-refractivity contribution in [3.63, 3.8) is 0 Å². The van der Waals surface area contributed by atoms with Gasteiger partial charge in [0.25, 0.3) is 0 Å². The molecule has 1 aliphatic heterocycles. The number of nitrogens with zero attached hydrogens (tertiary/aromatic N) is 3. The fraction of sp³-hybridized carbons (Fsp3) is 0.333. The number of hydrogen-bond donors (Lipinski definition) is 0. The minimum absolute atomic E-state index is 0.310. The van der Waals surface area contributed by atoms with Gasteiger partial charge >= 0.3 is 6.01 Å². The Morgan fingerprint density at radius 2 is 2.06 bits per heavy atom.